The third kappa shape index (κ3) is 1.82. The molecule has 1 aromatic rings. The first-order chi connectivity index (χ1) is 6.66. The molecule has 0 N–H and O–H groups in total. The number of halogens is 1. The smallest absolute Gasteiger partial charge is 0.236 e. The Bertz CT molecular complexity index is 350. The zero-order chi connectivity index (χ0) is 10.1. The van der Waals surface area contributed by atoms with E-state index in [0.717, 1.165) is 18.7 Å². The molecule has 5 heteroatoms. The highest BCUT2D eigenvalue weighted by Crippen LogP contribution is 2.19. The van der Waals surface area contributed by atoms with Crippen LogP contribution in [-0.4, -0.2) is 32.0 Å². The van der Waals surface area contributed by atoms with Gasteiger partial charge in [-0.15, -0.1) is 0 Å². The zero-order valence-corrected chi connectivity index (χ0v) is 9.57. The van der Waals surface area contributed by atoms with Gasteiger partial charge < -0.3 is 4.90 Å². The van der Waals surface area contributed by atoms with E-state index in [9.17, 15) is 4.79 Å². The molecule has 0 spiro atoms. The van der Waals surface area contributed by atoms with Crippen molar-refractivity contribution in [3.63, 3.8) is 0 Å². The summed E-state index contributed by atoms with van der Waals surface area (Å²) in [5.41, 5.74) is 0.947. The molecule has 4 nitrogen and oxygen atoms in total. The number of likely N-dealkylation sites (tertiary alicyclic amines) is 1. The molecule has 1 aromatic heterocycles. The number of hydrogen-bond donors (Lipinski definition) is 0. The third-order valence-corrected chi connectivity index (χ3v) is 3.20. The summed E-state index contributed by atoms with van der Waals surface area (Å²) in [6.07, 6.45) is 2.78. The predicted octanol–water partition coefficient (Wildman–Crippen LogP) is 0.916. The van der Waals surface area contributed by atoms with Gasteiger partial charge in [0, 0.05) is 19.8 Å². The van der Waals surface area contributed by atoms with Crippen LogP contribution >= 0.6 is 15.9 Å². The fraction of sp³-hybridized carbons (Fsp3) is 0.556. The maximum Gasteiger partial charge on any atom is 0.236 e. The first kappa shape index (κ1) is 9.71. The zero-order valence-electron chi connectivity index (χ0n) is 7.98. The van der Waals surface area contributed by atoms with Crippen molar-refractivity contribution in [1.29, 1.82) is 0 Å². The van der Waals surface area contributed by atoms with Crippen LogP contribution in [0.1, 0.15) is 12.1 Å². The standard InChI is InChI=1S/C9H12BrN3O/c1-12-4-2-7(11-12)6-13-5-3-8(10)9(13)14/h2,4,8H,3,5-6H2,1H3. The Morgan fingerprint density at radius 2 is 2.50 bits per heavy atom. The van der Waals surface area contributed by atoms with Crippen LogP contribution in [0.15, 0.2) is 12.3 Å². The van der Waals surface area contributed by atoms with Gasteiger partial charge in [0.15, 0.2) is 0 Å². The largest absolute Gasteiger partial charge is 0.336 e. The molecule has 1 aliphatic rings. The normalized spacial score (nSPS) is 22.0. The predicted molar refractivity (Wildman–Crippen MR) is 56.0 cm³/mol. The lowest BCUT2D eigenvalue weighted by Crippen LogP contribution is -2.27. The number of alkyl halides is 1. The quantitative estimate of drug-likeness (QED) is 0.740. The maximum absolute atomic E-state index is 11.6. The first-order valence-electron chi connectivity index (χ1n) is 4.58. The van der Waals surface area contributed by atoms with E-state index in [1.54, 1.807) is 4.68 Å². The maximum atomic E-state index is 11.6. The summed E-state index contributed by atoms with van der Waals surface area (Å²) < 4.78 is 1.75. The number of amides is 1. The molecule has 14 heavy (non-hydrogen) atoms. The number of aryl methyl sites for hydroxylation is 1. The Kier molecular flexibility index (Phi) is 2.58. The molecule has 0 bridgehead atoms. The minimum absolute atomic E-state index is 0.00575. The van der Waals surface area contributed by atoms with E-state index in [4.69, 9.17) is 0 Å². The highest BCUT2D eigenvalue weighted by atomic mass is 79.9. The molecular weight excluding hydrogens is 246 g/mol. The molecule has 1 aliphatic heterocycles. The van der Waals surface area contributed by atoms with E-state index in [1.807, 2.05) is 24.2 Å². The van der Waals surface area contributed by atoms with Crippen LogP contribution in [0.3, 0.4) is 0 Å². The summed E-state index contributed by atoms with van der Waals surface area (Å²) in [5, 5.41) is 4.24. The molecule has 0 aromatic carbocycles. The fourth-order valence-electron chi connectivity index (χ4n) is 1.60. The average molecular weight is 258 g/mol. The topological polar surface area (TPSA) is 38.1 Å². The second-order valence-electron chi connectivity index (χ2n) is 3.50. The van der Waals surface area contributed by atoms with Gasteiger partial charge in [0.05, 0.1) is 17.1 Å². The summed E-state index contributed by atoms with van der Waals surface area (Å²) in [4.78, 5) is 13.4. The van der Waals surface area contributed by atoms with Gasteiger partial charge in [-0.1, -0.05) is 15.9 Å². The average Bonchev–Trinajstić information content (AvgIpc) is 2.67. The van der Waals surface area contributed by atoms with Crippen molar-refractivity contribution in [2.45, 2.75) is 17.8 Å². The van der Waals surface area contributed by atoms with Crippen molar-refractivity contribution in [2.24, 2.45) is 7.05 Å². The minimum Gasteiger partial charge on any atom is -0.336 e. The van der Waals surface area contributed by atoms with Gasteiger partial charge in [-0.25, -0.2) is 0 Å². The third-order valence-electron chi connectivity index (χ3n) is 2.35. The van der Waals surface area contributed by atoms with E-state index in [2.05, 4.69) is 21.0 Å². The number of carbonyl (C=O) groups is 1. The highest BCUT2D eigenvalue weighted by molar-refractivity contribution is 9.10. The SMILES string of the molecule is Cn1ccc(CN2CCC(Br)C2=O)n1. The number of carbonyl (C=O) groups excluding carboxylic acids is 1. The van der Waals surface area contributed by atoms with Crippen molar-refractivity contribution < 1.29 is 4.79 Å². The molecule has 1 fully saturated rings. The Labute approximate surface area is 91.0 Å². The minimum atomic E-state index is 0.00575. The number of hydrogen-bond acceptors (Lipinski definition) is 2. The molecule has 2 heterocycles. The van der Waals surface area contributed by atoms with Gasteiger partial charge in [-0.3, -0.25) is 9.48 Å². The molecule has 1 amide bonds. The lowest BCUT2D eigenvalue weighted by molar-refractivity contribution is -0.127. The molecule has 1 atom stereocenters. The van der Waals surface area contributed by atoms with E-state index in [-0.39, 0.29) is 10.7 Å². The van der Waals surface area contributed by atoms with Crippen LogP contribution in [0, 0.1) is 0 Å². The Morgan fingerprint density at radius 1 is 1.71 bits per heavy atom. The lowest BCUT2D eigenvalue weighted by atomic mass is 10.4. The van der Waals surface area contributed by atoms with Crippen molar-refractivity contribution in [1.82, 2.24) is 14.7 Å². The van der Waals surface area contributed by atoms with E-state index >= 15 is 0 Å². The van der Waals surface area contributed by atoms with Crippen LogP contribution in [0.4, 0.5) is 0 Å². The second-order valence-corrected chi connectivity index (χ2v) is 4.60. The van der Waals surface area contributed by atoms with Crippen molar-refractivity contribution in [3.8, 4) is 0 Å². The molecule has 2 rings (SSSR count). The van der Waals surface area contributed by atoms with Crippen molar-refractivity contribution in [3.05, 3.63) is 18.0 Å². The van der Waals surface area contributed by atoms with Crippen molar-refractivity contribution in [2.75, 3.05) is 6.54 Å². The van der Waals surface area contributed by atoms with Crippen molar-refractivity contribution >= 4 is 21.8 Å². The molecule has 76 valence electrons. The molecule has 1 saturated heterocycles. The van der Waals surface area contributed by atoms with Crippen LogP contribution in [-0.2, 0) is 18.4 Å². The fourth-order valence-corrected chi connectivity index (χ4v) is 2.10. The molecule has 1 unspecified atom stereocenters. The monoisotopic (exact) mass is 257 g/mol. The van der Waals surface area contributed by atoms with E-state index in [0.29, 0.717) is 6.54 Å². The van der Waals surface area contributed by atoms with Gasteiger partial charge in [0.2, 0.25) is 5.91 Å². The van der Waals surface area contributed by atoms with Gasteiger partial charge in [0.1, 0.15) is 0 Å². The van der Waals surface area contributed by atoms with E-state index in [1.165, 1.54) is 0 Å². The Balaban J connectivity index is 2.02. The summed E-state index contributed by atoms with van der Waals surface area (Å²) >= 11 is 3.35. The van der Waals surface area contributed by atoms with Gasteiger partial charge >= 0.3 is 0 Å². The van der Waals surface area contributed by atoms with Crippen LogP contribution in [0.2, 0.25) is 0 Å². The summed E-state index contributed by atoms with van der Waals surface area (Å²) in [5.74, 6) is 0.177. The van der Waals surface area contributed by atoms with Crippen LogP contribution in [0.25, 0.3) is 0 Å². The van der Waals surface area contributed by atoms with E-state index < -0.39 is 0 Å². The number of aromatic nitrogens is 2. The second kappa shape index (κ2) is 3.73. The summed E-state index contributed by atoms with van der Waals surface area (Å²) in [6, 6.07) is 1.94. The van der Waals surface area contributed by atoms with Crippen LogP contribution < -0.4 is 0 Å². The molecule has 0 radical (unpaired) electrons. The molecule has 0 aliphatic carbocycles. The number of nitrogens with zero attached hydrogens (tertiary/aromatic N) is 3. The Hall–Kier alpha value is -0.840. The first-order valence-corrected chi connectivity index (χ1v) is 5.50. The summed E-state index contributed by atoms with van der Waals surface area (Å²) in [7, 11) is 1.88. The Morgan fingerprint density at radius 3 is 3.00 bits per heavy atom. The van der Waals surface area contributed by atoms with Gasteiger partial charge in [-0.05, 0) is 12.5 Å². The molecule has 0 saturated carbocycles. The number of rotatable bonds is 2. The van der Waals surface area contributed by atoms with Gasteiger partial charge in [0.25, 0.3) is 0 Å². The van der Waals surface area contributed by atoms with Crippen LogP contribution in [0.5, 0.6) is 0 Å². The lowest BCUT2D eigenvalue weighted by Gasteiger charge is -2.13. The molecular formula is C9H12BrN3O. The highest BCUT2D eigenvalue weighted by Gasteiger charge is 2.29. The summed E-state index contributed by atoms with van der Waals surface area (Å²) in [6.45, 7) is 1.45. The van der Waals surface area contributed by atoms with Gasteiger partial charge in [-0.2, -0.15) is 5.10 Å².